The molecule has 0 bridgehead atoms. The minimum Gasteiger partial charge on any atom is -0.331 e. The lowest BCUT2D eigenvalue weighted by Crippen LogP contribution is -2.39. The smallest absolute Gasteiger partial charge is 0.318 e. The van der Waals surface area contributed by atoms with Crippen molar-refractivity contribution in [1.29, 1.82) is 0 Å². The van der Waals surface area contributed by atoms with E-state index in [1.807, 2.05) is 38.1 Å². The van der Waals surface area contributed by atoms with Gasteiger partial charge in [-0.1, -0.05) is 24.3 Å². The minimum atomic E-state index is -0.443. The molecule has 2 amide bonds. The van der Waals surface area contributed by atoms with Gasteiger partial charge in [0.1, 0.15) is 12.7 Å². The molecular formula is C20H22N6O3. The van der Waals surface area contributed by atoms with Gasteiger partial charge >= 0.3 is 6.03 Å². The summed E-state index contributed by atoms with van der Waals surface area (Å²) in [6.07, 6.45) is 3.08. The number of nitro groups is 1. The number of hydrogen-bond donors (Lipinski definition) is 1. The van der Waals surface area contributed by atoms with Crippen LogP contribution in [0.1, 0.15) is 37.1 Å². The van der Waals surface area contributed by atoms with Crippen LogP contribution in [0.4, 0.5) is 10.5 Å². The highest BCUT2D eigenvalue weighted by Gasteiger charge is 2.21. The first-order chi connectivity index (χ1) is 13.9. The third-order valence-corrected chi connectivity index (χ3v) is 4.88. The molecule has 3 aromatic rings. The summed E-state index contributed by atoms with van der Waals surface area (Å²) in [7, 11) is 1.67. The first-order valence-electron chi connectivity index (χ1n) is 9.09. The highest BCUT2D eigenvalue weighted by atomic mass is 16.6. The average Bonchev–Trinajstić information content (AvgIpc) is 3.27. The van der Waals surface area contributed by atoms with Crippen LogP contribution in [0.2, 0.25) is 0 Å². The number of nitrogens with zero attached hydrogens (tertiary/aromatic N) is 5. The van der Waals surface area contributed by atoms with Gasteiger partial charge in [-0.25, -0.2) is 14.5 Å². The van der Waals surface area contributed by atoms with E-state index in [1.165, 1.54) is 23.4 Å². The zero-order valence-corrected chi connectivity index (χ0v) is 16.4. The van der Waals surface area contributed by atoms with E-state index in [-0.39, 0.29) is 23.8 Å². The molecule has 9 nitrogen and oxygen atoms in total. The molecule has 0 aliphatic heterocycles. The number of nitro benzene ring substituents is 1. The Morgan fingerprint density at radius 3 is 2.52 bits per heavy atom. The number of carbonyl (C=O) groups excluding carboxylic acids is 1. The summed E-state index contributed by atoms with van der Waals surface area (Å²) in [5.41, 5.74) is 2.52. The van der Waals surface area contributed by atoms with Gasteiger partial charge in [0.2, 0.25) is 0 Å². The highest BCUT2D eigenvalue weighted by Crippen LogP contribution is 2.24. The molecule has 2 aromatic carbocycles. The molecule has 1 aromatic heterocycles. The van der Waals surface area contributed by atoms with Crippen molar-refractivity contribution in [3.63, 3.8) is 0 Å². The first kappa shape index (κ1) is 20.0. The van der Waals surface area contributed by atoms with E-state index in [0.29, 0.717) is 5.56 Å². The molecule has 0 unspecified atom stereocenters. The number of amides is 2. The van der Waals surface area contributed by atoms with E-state index in [4.69, 9.17) is 0 Å². The molecule has 1 heterocycles. The minimum absolute atomic E-state index is 0.00370. The zero-order chi connectivity index (χ0) is 21.0. The summed E-state index contributed by atoms with van der Waals surface area (Å²) in [5.74, 6) is 0. The number of non-ortho nitro benzene ring substituents is 1. The number of carbonyl (C=O) groups is 1. The van der Waals surface area contributed by atoms with Crippen molar-refractivity contribution in [2.75, 3.05) is 7.05 Å². The highest BCUT2D eigenvalue weighted by molar-refractivity contribution is 5.75. The maximum absolute atomic E-state index is 12.7. The van der Waals surface area contributed by atoms with Crippen molar-refractivity contribution >= 4 is 11.7 Å². The Morgan fingerprint density at radius 2 is 1.90 bits per heavy atom. The summed E-state index contributed by atoms with van der Waals surface area (Å²) < 4.78 is 1.65. The predicted octanol–water partition coefficient (Wildman–Crippen LogP) is 3.64. The van der Waals surface area contributed by atoms with Crippen LogP contribution in [0.15, 0.2) is 61.2 Å². The number of urea groups is 1. The van der Waals surface area contributed by atoms with Crippen molar-refractivity contribution in [2.24, 2.45) is 0 Å². The molecular weight excluding hydrogens is 372 g/mol. The molecule has 29 heavy (non-hydrogen) atoms. The fourth-order valence-corrected chi connectivity index (χ4v) is 2.93. The Morgan fingerprint density at radius 1 is 1.17 bits per heavy atom. The molecule has 3 rings (SSSR count). The molecule has 0 spiro atoms. The number of rotatable bonds is 6. The second kappa shape index (κ2) is 8.51. The normalized spacial score (nSPS) is 12.8. The second-order valence-electron chi connectivity index (χ2n) is 6.74. The lowest BCUT2D eigenvalue weighted by atomic mass is 10.1. The standard InChI is InChI=1S/C20H22N6O3/c1-14(16-7-9-18(10-8-16)25-13-21-12-22-25)23-20(27)24(3)15(2)17-5-4-6-19(11-17)26(28)29/h4-15H,1-3H3,(H,23,27)/t14-,15-/m1/s1. The Hall–Kier alpha value is -3.75. The van der Waals surface area contributed by atoms with Crippen molar-refractivity contribution in [3.05, 3.63) is 82.4 Å². The molecule has 0 saturated heterocycles. The van der Waals surface area contributed by atoms with E-state index in [1.54, 1.807) is 30.2 Å². The quantitative estimate of drug-likeness (QED) is 0.507. The molecule has 0 radical (unpaired) electrons. The van der Waals surface area contributed by atoms with Crippen molar-refractivity contribution < 1.29 is 9.72 Å². The van der Waals surface area contributed by atoms with Gasteiger partial charge < -0.3 is 10.2 Å². The lowest BCUT2D eigenvalue weighted by molar-refractivity contribution is -0.384. The van der Waals surface area contributed by atoms with E-state index in [2.05, 4.69) is 15.4 Å². The van der Waals surface area contributed by atoms with E-state index in [0.717, 1.165) is 11.3 Å². The van der Waals surface area contributed by atoms with Gasteiger partial charge in [0.15, 0.2) is 0 Å². The van der Waals surface area contributed by atoms with Crippen LogP contribution in [-0.4, -0.2) is 37.7 Å². The van der Waals surface area contributed by atoms with Gasteiger partial charge in [-0.3, -0.25) is 10.1 Å². The molecule has 0 saturated carbocycles. The van der Waals surface area contributed by atoms with Crippen LogP contribution < -0.4 is 5.32 Å². The predicted molar refractivity (Wildman–Crippen MR) is 108 cm³/mol. The molecule has 0 fully saturated rings. The summed E-state index contributed by atoms with van der Waals surface area (Å²) in [6.45, 7) is 3.73. The van der Waals surface area contributed by atoms with Gasteiger partial charge in [-0.2, -0.15) is 5.10 Å². The topological polar surface area (TPSA) is 106 Å². The van der Waals surface area contributed by atoms with Gasteiger partial charge in [-0.15, -0.1) is 0 Å². The number of hydrogen-bond acceptors (Lipinski definition) is 5. The summed E-state index contributed by atoms with van der Waals surface area (Å²) in [5, 5.41) is 18.0. The lowest BCUT2D eigenvalue weighted by Gasteiger charge is -2.27. The van der Waals surface area contributed by atoms with E-state index >= 15 is 0 Å². The van der Waals surface area contributed by atoms with Gasteiger partial charge in [0.25, 0.3) is 5.69 Å². The van der Waals surface area contributed by atoms with E-state index < -0.39 is 4.92 Å². The Kier molecular flexibility index (Phi) is 5.87. The van der Waals surface area contributed by atoms with Crippen LogP contribution in [0.25, 0.3) is 5.69 Å². The third kappa shape index (κ3) is 4.57. The first-order valence-corrected chi connectivity index (χ1v) is 9.09. The van der Waals surface area contributed by atoms with Crippen molar-refractivity contribution in [2.45, 2.75) is 25.9 Å². The van der Waals surface area contributed by atoms with Crippen LogP contribution in [0.3, 0.4) is 0 Å². The third-order valence-electron chi connectivity index (χ3n) is 4.88. The molecule has 1 N–H and O–H groups in total. The maximum Gasteiger partial charge on any atom is 0.318 e. The maximum atomic E-state index is 12.7. The second-order valence-corrected chi connectivity index (χ2v) is 6.74. The molecule has 9 heteroatoms. The summed E-state index contributed by atoms with van der Waals surface area (Å²) in [4.78, 5) is 28.7. The number of nitrogens with one attached hydrogen (secondary N) is 1. The Bertz CT molecular complexity index is 988. The monoisotopic (exact) mass is 394 g/mol. The van der Waals surface area contributed by atoms with Crippen LogP contribution in [-0.2, 0) is 0 Å². The summed E-state index contributed by atoms with van der Waals surface area (Å²) >= 11 is 0. The Labute approximate surface area is 168 Å². The van der Waals surface area contributed by atoms with Gasteiger partial charge in [-0.05, 0) is 37.1 Å². The molecule has 2 atom stereocenters. The van der Waals surface area contributed by atoms with Crippen molar-refractivity contribution in [1.82, 2.24) is 25.0 Å². The molecule has 0 aliphatic rings. The zero-order valence-electron chi connectivity index (χ0n) is 16.4. The fraction of sp³-hybridized carbons (Fsp3) is 0.250. The average molecular weight is 394 g/mol. The fourth-order valence-electron chi connectivity index (χ4n) is 2.93. The van der Waals surface area contributed by atoms with Gasteiger partial charge in [0, 0.05) is 19.2 Å². The van der Waals surface area contributed by atoms with E-state index in [9.17, 15) is 14.9 Å². The largest absolute Gasteiger partial charge is 0.331 e. The molecule has 0 aliphatic carbocycles. The number of benzene rings is 2. The Balaban J connectivity index is 1.65. The summed E-state index contributed by atoms with van der Waals surface area (Å²) in [6, 6.07) is 13.2. The SMILES string of the molecule is C[C@H](c1cccc([N+](=O)[O-])c1)N(C)C(=O)N[C@H](C)c1ccc(-n2cncn2)cc1. The van der Waals surface area contributed by atoms with Gasteiger partial charge in [0.05, 0.1) is 22.7 Å². The van der Waals surface area contributed by atoms with Crippen LogP contribution in [0.5, 0.6) is 0 Å². The van der Waals surface area contributed by atoms with Crippen LogP contribution in [0, 0.1) is 10.1 Å². The molecule has 150 valence electrons. The number of aromatic nitrogens is 3. The van der Waals surface area contributed by atoms with Crippen LogP contribution >= 0.6 is 0 Å². The van der Waals surface area contributed by atoms with Crippen molar-refractivity contribution in [3.8, 4) is 5.69 Å².